The smallest absolute Gasteiger partial charge is 0.294 e. The molecule has 6 heteroatoms. The van der Waals surface area contributed by atoms with Crippen LogP contribution in [-0.2, 0) is 6.42 Å². The molecule has 0 bridgehead atoms. The number of anilines is 1. The zero-order valence-corrected chi connectivity index (χ0v) is 18.6. The predicted octanol–water partition coefficient (Wildman–Crippen LogP) is 5.06. The molecule has 31 heavy (non-hydrogen) atoms. The van der Waals surface area contributed by atoms with Crippen molar-refractivity contribution in [1.29, 1.82) is 0 Å². The van der Waals surface area contributed by atoms with Crippen LogP contribution in [0.2, 0.25) is 0 Å². The summed E-state index contributed by atoms with van der Waals surface area (Å²) in [5.41, 5.74) is 2.21. The topological polar surface area (TPSA) is 45.9 Å². The quantitative estimate of drug-likeness (QED) is 0.515. The van der Waals surface area contributed by atoms with Crippen LogP contribution in [0.25, 0.3) is 0 Å². The second kappa shape index (κ2) is 11.0. The first kappa shape index (κ1) is 22.9. The molecule has 1 fully saturated rings. The van der Waals surface area contributed by atoms with E-state index in [2.05, 4.69) is 17.0 Å². The van der Waals surface area contributed by atoms with Crippen molar-refractivity contribution in [1.82, 2.24) is 4.90 Å². The Balaban J connectivity index is 0.00000272. The Kier molecular flexibility index (Phi) is 8.15. The number of para-hydroxylation sites is 1. The van der Waals surface area contributed by atoms with Crippen molar-refractivity contribution in [3.8, 4) is 5.75 Å². The van der Waals surface area contributed by atoms with Gasteiger partial charge in [0.05, 0.1) is 13.4 Å². The van der Waals surface area contributed by atoms with Crippen molar-refractivity contribution in [3.05, 3.63) is 84.3 Å². The third-order valence-corrected chi connectivity index (χ3v) is 5.76. The molecular formula is C25H29ClN2O3. The molecule has 4 rings (SSSR count). The number of piperidine rings is 1. The summed E-state index contributed by atoms with van der Waals surface area (Å²) in [7, 11) is 1.70. The molecule has 0 atom stereocenters. The first-order valence-electron chi connectivity index (χ1n) is 10.5. The minimum atomic E-state index is -0.0685. The fourth-order valence-electron chi connectivity index (χ4n) is 4.12. The summed E-state index contributed by atoms with van der Waals surface area (Å²) >= 11 is 0. The molecule has 0 spiro atoms. The maximum absolute atomic E-state index is 13.2. The highest BCUT2D eigenvalue weighted by Gasteiger charge is 2.30. The Morgan fingerprint density at radius 3 is 2.52 bits per heavy atom. The van der Waals surface area contributed by atoms with Crippen molar-refractivity contribution in [2.45, 2.75) is 25.3 Å². The van der Waals surface area contributed by atoms with E-state index < -0.39 is 0 Å². The molecule has 0 aliphatic carbocycles. The Labute approximate surface area is 190 Å². The number of nitrogens with zero attached hydrogens (tertiary/aromatic N) is 2. The number of amides is 1. The largest absolute Gasteiger partial charge is 0.497 e. The van der Waals surface area contributed by atoms with Crippen LogP contribution in [0.3, 0.4) is 0 Å². The Morgan fingerprint density at radius 1 is 1.06 bits per heavy atom. The van der Waals surface area contributed by atoms with E-state index in [0.29, 0.717) is 5.76 Å². The van der Waals surface area contributed by atoms with E-state index in [-0.39, 0.29) is 24.4 Å². The monoisotopic (exact) mass is 440 g/mol. The summed E-state index contributed by atoms with van der Waals surface area (Å²) in [6, 6.07) is 21.8. The van der Waals surface area contributed by atoms with Crippen LogP contribution in [0.15, 0.2) is 77.4 Å². The van der Waals surface area contributed by atoms with Gasteiger partial charge in [-0.2, -0.15) is 0 Å². The van der Waals surface area contributed by atoms with Gasteiger partial charge in [-0.05, 0) is 61.2 Å². The van der Waals surface area contributed by atoms with Crippen molar-refractivity contribution in [2.75, 3.05) is 31.6 Å². The van der Waals surface area contributed by atoms with E-state index in [4.69, 9.17) is 9.15 Å². The van der Waals surface area contributed by atoms with Crippen molar-refractivity contribution in [3.63, 3.8) is 0 Å². The lowest BCUT2D eigenvalue weighted by molar-refractivity contribution is 0.0933. The van der Waals surface area contributed by atoms with E-state index in [0.717, 1.165) is 50.3 Å². The van der Waals surface area contributed by atoms with Crippen LogP contribution in [0.4, 0.5) is 5.69 Å². The molecule has 1 aromatic heterocycles. The summed E-state index contributed by atoms with van der Waals surface area (Å²) in [4.78, 5) is 17.6. The molecule has 1 amide bonds. The summed E-state index contributed by atoms with van der Waals surface area (Å²) in [6.07, 6.45) is 4.44. The van der Waals surface area contributed by atoms with Crippen LogP contribution in [-0.4, -0.2) is 43.6 Å². The maximum Gasteiger partial charge on any atom is 0.294 e. The average Bonchev–Trinajstić information content (AvgIpc) is 3.35. The van der Waals surface area contributed by atoms with Gasteiger partial charge in [-0.25, -0.2) is 0 Å². The number of ether oxygens (including phenoxy) is 1. The minimum absolute atomic E-state index is 0. The lowest BCUT2D eigenvalue weighted by Crippen LogP contribution is -2.48. The second-order valence-corrected chi connectivity index (χ2v) is 7.66. The Morgan fingerprint density at radius 2 is 1.84 bits per heavy atom. The molecule has 2 aromatic carbocycles. The number of benzene rings is 2. The zero-order valence-electron chi connectivity index (χ0n) is 17.8. The lowest BCUT2D eigenvalue weighted by Gasteiger charge is -2.38. The van der Waals surface area contributed by atoms with Gasteiger partial charge in [-0.1, -0.05) is 30.3 Å². The van der Waals surface area contributed by atoms with Crippen LogP contribution >= 0.6 is 12.4 Å². The van der Waals surface area contributed by atoms with Gasteiger partial charge in [0.15, 0.2) is 5.76 Å². The molecule has 2 heterocycles. The third-order valence-electron chi connectivity index (χ3n) is 5.76. The number of carbonyl (C=O) groups excluding carboxylic acids is 1. The molecule has 1 saturated heterocycles. The summed E-state index contributed by atoms with van der Waals surface area (Å²) in [5.74, 6) is 1.22. The van der Waals surface area contributed by atoms with Gasteiger partial charge in [0.2, 0.25) is 0 Å². The molecular weight excluding hydrogens is 412 g/mol. The molecule has 0 unspecified atom stereocenters. The Bertz CT molecular complexity index is 938. The SMILES string of the molecule is COc1cccc(CCN2CCC(N(C(=O)c3ccco3)c3ccccc3)CC2)c1.Cl. The van der Waals surface area contributed by atoms with Crippen molar-refractivity contribution >= 4 is 24.0 Å². The first-order chi connectivity index (χ1) is 14.7. The molecule has 0 saturated carbocycles. The number of carbonyl (C=O) groups is 1. The van der Waals surface area contributed by atoms with Crippen molar-refractivity contribution < 1.29 is 13.9 Å². The summed E-state index contributed by atoms with van der Waals surface area (Å²) < 4.78 is 10.7. The molecule has 5 nitrogen and oxygen atoms in total. The highest BCUT2D eigenvalue weighted by molar-refractivity contribution is 6.04. The van der Waals surface area contributed by atoms with E-state index in [1.807, 2.05) is 47.4 Å². The van der Waals surface area contributed by atoms with Crippen LogP contribution in [0.5, 0.6) is 5.75 Å². The van der Waals surface area contributed by atoms with Gasteiger partial charge in [0.1, 0.15) is 5.75 Å². The van der Waals surface area contributed by atoms with E-state index >= 15 is 0 Å². The molecule has 0 N–H and O–H groups in total. The number of halogens is 1. The van der Waals surface area contributed by atoms with Crippen molar-refractivity contribution in [2.24, 2.45) is 0 Å². The van der Waals surface area contributed by atoms with E-state index in [9.17, 15) is 4.79 Å². The fraction of sp³-hybridized carbons (Fsp3) is 0.320. The number of hydrogen-bond acceptors (Lipinski definition) is 4. The maximum atomic E-state index is 13.2. The van der Waals surface area contributed by atoms with Crippen LogP contribution in [0, 0.1) is 0 Å². The normalized spacial score (nSPS) is 14.6. The highest BCUT2D eigenvalue weighted by Crippen LogP contribution is 2.26. The average molecular weight is 441 g/mol. The van der Waals surface area contributed by atoms with Crippen LogP contribution < -0.4 is 9.64 Å². The number of rotatable bonds is 7. The zero-order chi connectivity index (χ0) is 20.8. The second-order valence-electron chi connectivity index (χ2n) is 7.66. The van der Waals surface area contributed by atoms with Gasteiger partial charge in [0.25, 0.3) is 5.91 Å². The van der Waals surface area contributed by atoms with Gasteiger partial charge in [0, 0.05) is 31.4 Å². The predicted molar refractivity (Wildman–Crippen MR) is 125 cm³/mol. The number of hydrogen-bond donors (Lipinski definition) is 0. The van der Waals surface area contributed by atoms with Gasteiger partial charge < -0.3 is 19.0 Å². The molecule has 3 aromatic rings. The highest BCUT2D eigenvalue weighted by atomic mass is 35.5. The fourth-order valence-corrected chi connectivity index (χ4v) is 4.12. The minimum Gasteiger partial charge on any atom is -0.497 e. The third kappa shape index (κ3) is 5.69. The molecule has 164 valence electrons. The standard InChI is InChI=1S/C25H28N2O3.ClH/c1-29-23-10-5-7-20(19-23)12-15-26-16-13-22(14-17-26)27(21-8-3-2-4-9-21)25(28)24-11-6-18-30-24;/h2-11,18-19,22H,12-17H2,1H3;1H. The molecule has 1 aliphatic heterocycles. The number of furan rings is 1. The van der Waals surface area contributed by atoms with Gasteiger partial charge in [-0.15, -0.1) is 12.4 Å². The van der Waals surface area contributed by atoms with E-state index in [1.54, 1.807) is 25.5 Å². The van der Waals surface area contributed by atoms with Gasteiger partial charge in [-0.3, -0.25) is 4.79 Å². The first-order valence-corrected chi connectivity index (χ1v) is 10.5. The Hall–Kier alpha value is -2.76. The number of likely N-dealkylation sites (tertiary alicyclic amines) is 1. The van der Waals surface area contributed by atoms with E-state index in [1.165, 1.54) is 5.56 Å². The van der Waals surface area contributed by atoms with Crippen LogP contribution in [0.1, 0.15) is 29.0 Å². The molecule has 0 radical (unpaired) electrons. The summed E-state index contributed by atoms with van der Waals surface area (Å²) in [6.45, 7) is 2.96. The molecule has 1 aliphatic rings. The lowest BCUT2D eigenvalue weighted by atomic mass is 10.0. The number of methoxy groups -OCH3 is 1. The van der Waals surface area contributed by atoms with Gasteiger partial charge >= 0.3 is 0 Å². The summed E-state index contributed by atoms with van der Waals surface area (Å²) in [5, 5.41) is 0.